The van der Waals surface area contributed by atoms with E-state index in [0.29, 0.717) is 5.78 Å². The van der Waals surface area contributed by atoms with E-state index in [4.69, 9.17) is 0 Å². The summed E-state index contributed by atoms with van der Waals surface area (Å²) in [6.07, 6.45) is 23.6. The minimum absolute atomic E-state index is 0.329. The molecule has 0 saturated heterocycles. The van der Waals surface area contributed by atoms with Gasteiger partial charge >= 0.3 is 0 Å². The summed E-state index contributed by atoms with van der Waals surface area (Å²) in [5.41, 5.74) is 0. The molecule has 0 aromatic carbocycles. The van der Waals surface area contributed by atoms with E-state index in [-0.39, 0.29) is 0 Å². The number of carbonyl (C=O) groups is 1. The molecule has 0 amide bonds. The third-order valence-corrected chi connectivity index (χ3v) is 3.48. The quantitative estimate of drug-likeness (QED) is 0.266. The van der Waals surface area contributed by atoms with E-state index in [9.17, 15) is 4.79 Å². The summed E-state index contributed by atoms with van der Waals surface area (Å²) in [5, 5.41) is 0. The van der Waals surface area contributed by atoms with Crippen LogP contribution in [0.4, 0.5) is 0 Å². The highest BCUT2D eigenvalue weighted by atomic mass is 16.1. The SMILES string of the molecule is CCCCC/C=C/C/C=C/CCCCCCCC(C)=O. The van der Waals surface area contributed by atoms with Crippen LogP contribution in [0.3, 0.4) is 0 Å². The predicted octanol–water partition coefficient (Wildman–Crippen LogP) is 6.39. The van der Waals surface area contributed by atoms with Crippen molar-refractivity contribution in [1.82, 2.24) is 0 Å². The summed E-state index contributed by atoms with van der Waals surface area (Å²) < 4.78 is 0. The van der Waals surface area contributed by atoms with Crippen LogP contribution in [0.5, 0.6) is 0 Å². The van der Waals surface area contributed by atoms with Gasteiger partial charge in [-0.25, -0.2) is 0 Å². The summed E-state index contributed by atoms with van der Waals surface area (Å²) >= 11 is 0. The molecule has 0 N–H and O–H groups in total. The molecule has 0 aromatic heterocycles. The van der Waals surface area contributed by atoms with Crippen LogP contribution in [0.2, 0.25) is 0 Å². The molecular formula is C19H34O. The molecule has 0 unspecified atom stereocenters. The monoisotopic (exact) mass is 278 g/mol. The van der Waals surface area contributed by atoms with Crippen LogP contribution in [0, 0.1) is 0 Å². The molecule has 0 aliphatic rings. The average molecular weight is 278 g/mol. The van der Waals surface area contributed by atoms with Gasteiger partial charge in [0.15, 0.2) is 0 Å². The van der Waals surface area contributed by atoms with Gasteiger partial charge in [-0.05, 0) is 45.4 Å². The Labute approximate surface area is 126 Å². The van der Waals surface area contributed by atoms with Crippen molar-refractivity contribution in [3.63, 3.8) is 0 Å². The molecule has 0 heterocycles. The number of unbranched alkanes of at least 4 members (excludes halogenated alkanes) is 8. The molecule has 0 radical (unpaired) electrons. The lowest BCUT2D eigenvalue weighted by atomic mass is 10.1. The van der Waals surface area contributed by atoms with Gasteiger partial charge in [-0.1, -0.05) is 63.3 Å². The smallest absolute Gasteiger partial charge is 0.129 e. The second kappa shape index (κ2) is 16.2. The molecule has 0 fully saturated rings. The van der Waals surface area contributed by atoms with Gasteiger partial charge in [0.2, 0.25) is 0 Å². The van der Waals surface area contributed by atoms with Crippen molar-refractivity contribution in [2.24, 2.45) is 0 Å². The van der Waals surface area contributed by atoms with Crippen molar-refractivity contribution in [2.75, 3.05) is 0 Å². The minimum Gasteiger partial charge on any atom is -0.300 e. The number of carbonyl (C=O) groups excluding carboxylic acids is 1. The number of allylic oxidation sites excluding steroid dienone is 4. The van der Waals surface area contributed by atoms with Crippen LogP contribution in [0.1, 0.15) is 90.9 Å². The molecule has 1 heteroatoms. The lowest BCUT2D eigenvalue weighted by Crippen LogP contribution is -1.89. The maximum Gasteiger partial charge on any atom is 0.129 e. The van der Waals surface area contributed by atoms with E-state index in [0.717, 1.165) is 19.3 Å². The zero-order valence-electron chi connectivity index (χ0n) is 13.7. The highest BCUT2D eigenvalue weighted by Gasteiger charge is 1.93. The normalized spacial score (nSPS) is 11.7. The first-order valence-electron chi connectivity index (χ1n) is 8.56. The average Bonchev–Trinajstić information content (AvgIpc) is 2.43. The van der Waals surface area contributed by atoms with E-state index < -0.39 is 0 Å². The first-order chi connectivity index (χ1) is 9.77. The molecule has 1 nitrogen and oxygen atoms in total. The molecule has 0 rings (SSSR count). The van der Waals surface area contributed by atoms with Crippen LogP contribution in [0.15, 0.2) is 24.3 Å². The van der Waals surface area contributed by atoms with Crippen molar-refractivity contribution in [1.29, 1.82) is 0 Å². The second-order valence-corrected chi connectivity index (χ2v) is 5.68. The van der Waals surface area contributed by atoms with Gasteiger partial charge in [0.1, 0.15) is 5.78 Å². The lowest BCUT2D eigenvalue weighted by Gasteiger charge is -1.98. The van der Waals surface area contributed by atoms with E-state index >= 15 is 0 Å². The maximum absolute atomic E-state index is 10.8. The number of ketones is 1. The van der Waals surface area contributed by atoms with Gasteiger partial charge in [0.05, 0.1) is 0 Å². The van der Waals surface area contributed by atoms with Crippen molar-refractivity contribution in [3.8, 4) is 0 Å². The molecule has 0 aliphatic heterocycles. The van der Waals surface area contributed by atoms with Gasteiger partial charge in [0, 0.05) is 6.42 Å². The highest BCUT2D eigenvalue weighted by molar-refractivity contribution is 5.75. The molecule has 0 aliphatic carbocycles. The van der Waals surface area contributed by atoms with Crippen LogP contribution >= 0.6 is 0 Å². The van der Waals surface area contributed by atoms with Gasteiger partial charge < -0.3 is 4.79 Å². The van der Waals surface area contributed by atoms with Crippen molar-refractivity contribution in [3.05, 3.63) is 24.3 Å². The number of hydrogen-bond donors (Lipinski definition) is 0. The molecule has 0 bridgehead atoms. The molecular weight excluding hydrogens is 244 g/mol. The number of rotatable bonds is 14. The van der Waals surface area contributed by atoms with Crippen LogP contribution in [-0.2, 0) is 4.79 Å². The fraction of sp³-hybridized carbons (Fsp3) is 0.737. The largest absolute Gasteiger partial charge is 0.300 e. The Hall–Kier alpha value is -0.850. The maximum atomic E-state index is 10.8. The van der Waals surface area contributed by atoms with Crippen LogP contribution in [-0.4, -0.2) is 5.78 Å². The molecule has 0 atom stereocenters. The van der Waals surface area contributed by atoms with E-state index in [1.54, 1.807) is 6.92 Å². The molecule has 20 heavy (non-hydrogen) atoms. The molecule has 116 valence electrons. The summed E-state index contributed by atoms with van der Waals surface area (Å²) in [7, 11) is 0. The van der Waals surface area contributed by atoms with Gasteiger partial charge in [-0.3, -0.25) is 0 Å². The van der Waals surface area contributed by atoms with Crippen molar-refractivity contribution < 1.29 is 4.79 Å². The van der Waals surface area contributed by atoms with Crippen molar-refractivity contribution >= 4 is 5.78 Å². The third-order valence-electron chi connectivity index (χ3n) is 3.48. The van der Waals surface area contributed by atoms with Gasteiger partial charge in [0.25, 0.3) is 0 Å². The van der Waals surface area contributed by atoms with Crippen LogP contribution < -0.4 is 0 Å². The lowest BCUT2D eigenvalue weighted by molar-refractivity contribution is -0.117. The second-order valence-electron chi connectivity index (χ2n) is 5.68. The molecule has 0 saturated carbocycles. The van der Waals surface area contributed by atoms with Crippen molar-refractivity contribution in [2.45, 2.75) is 90.9 Å². The Morgan fingerprint density at radius 1 is 0.750 bits per heavy atom. The van der Waals surface area contributed by atoms with Gasteiger partial charge in [-0.2, -0.15) is 0 Å². The number of hydrogen-bond acceptors (Lipinski definition) is 1. The third kappa shape index (κ3) is 17.2. The van der Waals surface area contributed by atoms with Crippen LogP contribution in [0.25, 0.3) is 0 Å². The van der Waals surface area contributed by atoms with Gasteiger partial charge in [-0.15, -0.1) is 0 Å². The Kier molecular flexibility index (Phi) is 15.5. The Morgan fingerprint density at radius 2 is 1.30 bits per heavy atom. The summed E-state index contributed by atoms with van der Waals surface area (Å²) in [5.74, 6) is 0.329. The Morgan fingerprint density at radius 3 is 1.90 bits per heavy atom. The summed E-state index contributed by atoms with van der Waals surface area (Å²) in [6.45, 7) is 3.93. The first-order valence-corrected chi connectivity index (χ1v) is 8.56. The molecule has 0 aromatic rings. The Bertz CT molecular complexity index is 263. The standard InChI is InChI=1S/C19H34O/c1-3-4-5-6-7-8-9-10-11-12-13-14-15-16-17-18-19(2)20/h7-8,10-11H,3-6,9,12-18H2,1-2H3/b8-7+,11-10+. The van der Waals surface area contributed by atoms with E-state index in [2.05, 4.69) is 31.2 Å². The topological polar surface area (TPSA) is 17.1 Å². The predicted molar refractivity (Wildman–Crippen MR) is 90.0 cm³/mol. The fourth-order valence-electron chi connectivity index (χ4n) is 2.19. The number of Topliss-reactive ketones (excluding diaryl/α,β-unsaturated/α-hetero) is 1. The fourth-order valence-corrected chi connectivity index (χ4v) is 2.19. The van der Waals surface area contributed by atoms with E-state index in [1.807, 2.05) is 0 Å². The molecule has 0 spiro atoms. The van der Waals surface area contributed by atoms with E-state index in [1.165, 1.54) is 57.8 Å². The first kappa shape index (κ1) is 19.1. The zero-order chi connectivity index (χ0) is 14.9. The zero-order valence-corrected chi connectivity index (χ0v) is 13.7. The minimum atomic E-state index is 0.329. The Balaban J connectivity index is 3.17. The summed E-state index contributed by atoms with van der Waals surface area (Å²) in [6, 6.07) is 0. The summed E-state index contributed by atoms with van der Waals surface area (Å²) in [4.78, 5) is 10.8. The highest BCUT2D eigenvalue weighted by Crippen LogP contribution is 2.08.